The first-order valence-corrected chi connectivity index (χ1v) is 8.66. The van der Waals surface area contributed by atoms with E-state index in [1.54, 1.807) is 30.3 Å². The van der Waals surface area contributed by atoms with E-state index in [1.165, 1.54) is 28.8 Å². The lowest BCUT2D eigenvalue weighted by Crippen LogP contribution is -2.16. The highest BCUT2D eigenvalue weighted by molar-refractivity contribution is 5.96. The summed E-state index contributed by atoms with van der Waals surface area (Å²) >= 11 is 0. The van der Waals surface area contributed by atoms with E-state index < -0.39 is 24.3 Å². The number of aromatic carboxylic acids is 1. The van der Waals surface area contributed by atoms with Crippen molar-refractivity contribution < 1.29 is 24.2 Å². The zero-order chi connectivity index (χ0) is 20.7. The van der Waals surface area contributed by atoms with Crippen LogP contribution in [0.3, 0.4) is 0 Å². The lowest BCUT2D eigenvalue weighted by atomic mass is 10.0. The first kappa shape index (κ1) is 18.4. The van der Waals surface area contributed by atoms with Crippen LogP contribution in [-0.4, -0.2) is 26.7 Å². The number of pyridine rings is 1. The van der Waals surface area contributed by atoms with E-state index in [4.69, 9.17) is 5.11 Å². The highest BCUT2D eigenvalue weighted by Gasteiger charge is 2.15. The van der Waals surface area contributed by atoms with Crippen molar-refractivity contribution in [3.63, 3.8) is 0 Å². The lowest BCUT2D eigenvalue weighted by molar-refractivity contribution is -0.137. The number of halogens is 1. The summed E-state index contributed by atoms with van der Waals surface area (Å²) in [7, 11) is 0. The van der Waals surface area contributed by atoms with Crippen molar-refractivity contribution in [1.82, 2.24) is 4.57 Å². The monoisotopic (exact) mass is 391 g/mol. The van der Waals surface area contributed by atoms with Gasteiger partial charge in [0.1, 0.15) is 12.4 Å². The number of rotatable bonds is 4. The quantitative estimate of drug-likeness (QED) is 0.517. The van der Waals surface area contributed by atoms with Crippen molar-refractivity contribution in [3.8, 4) is 11.1 Å². The molecule has 29 heavy (non-hydrogen) atoms. The molecule has 2 N–H and O–H groups in total. The first-order valence-electron chi connectivity index (χ1n) is 8.66. The number of fused-ring (bicyclic) bond motifs is 2. The molecular weight excluding hydrogens is 377 g/mol. The van der Waals surface area contributed by atoms with Crippen LogP contribution in [0.1, 0.15) is 10.4 Å². The fraction of sp³-hybridized carbons (Fsp3) is 0.0455. The Bertz CT molecular complexity index is 1360. The van der Waals surface area contributed by atoms with Crippen LogP contribution in [-0.2, 0) is 11.3 Å². The summed E-state index contributed by atoms with van der Waals surface area (Å²) < 4.78 is 15.1. The molecule has 0 aliphatic rings. The van der Waals surface area contributed by atoms with E-state index in [0.717, 1.165) is 6.07 Å². The highest BCUT2D eigenvalue weighted by atomic mass is 19.1. The molecule has 0 fully saturated rings. The van der Waals surface area contributed by atoms with Crippen molar-refractivity contribution in [2.45, 2.75) is 6.54 Å². The second-order valence-corrected chi connectivity index (χ2v) is 6.58. The molecule has 144 valence electrons. The largest absolute Gasteiger partial charge is 0.480 e. The van der Waals surface area contributed by atoms with Gasteiger partial charge in [0.2, 0.25) is 0 Å². The molecule has 4 aromatic rings. The summed E-state index contributed by atoms with van der Waals surface area (Å²) in [5, 5.41) is 18.8. The summed E-state index contributed by atoms with van der Waals surface area (Å²) in [4.78, 5) is 35.3. The van der Waals surface area contributed by atoms with Crippen LogP contribution >= 0.6 is 0 Å². The SMILES string of the molecule is O=C(O)Cn1c2ccc(F)cc2c(=O)c2ccc(-c3ccc(C(=O)O)cc3)cc21. The van der Waals surface area contributed by atoms with Crippen LogP contribution in [0.15, 0.2) is 65.5 Å². The topological polar surface area (TPSA) is 96.6 Å². The molecule has 3 aromatic carbocycles. The molecule has 0 bridgehead atoms. The second kappa shape index (κ2) is 6.87. The first-order chi connectivity index (χ1) is 13.8. The summed E-state index contributed by atoms with van der Waals surface area (Å²) in [6, 6.07) is 14.8. The minimum atomic E-state index is -1.10. The number of nitrogens with zero attached hydrogens (tertiary/aromatic N) is 1. The molecule has 4 rings (SSSR count). The third-order valence-corrected chi connectivity index (χ3v) is 4.79. The Labute approximate surface area is 163 Å². The van der Waals surface area contributed by atoms with Crippen molar-refractivity contribution in [3.05, 3.63) is 82.3 Å². The van der Waals surface area contributed by atoms with Crippen LogP contribution in [0.2, 0.25) is 0 Å². The molecule has 0 unspecified atom stereocenters. The molecule has 0 radical (unpaired) electrons. The molecule has 6 nitrogen and oxygen atoms in total. The van der Waals surface area contributed by atoms with Crippen LogP contribution in [0, 0.1) is 5.82 Å². The van der Waals surface area contributed by atoms with E-state index >= 15 is 0 Å². The van der Waals surface area contributed by atoms with Gasteiger partial charge in [-0.05, 0) is 53.6 Å². The van der Waals surface area contributed by atoms with Crippen LogP contribution in [0.5, 0.6) is 0 Å². The Morgan fingerprint density at radius 1 is 0.828 bits per heavy atom. The van der Waals surface area contributed by atoms with Gasteiger partial charge in [-0.25, -0.2) is 9.18 Å². The molecule has 0 amide bonds. The maximum absolute atomic E-state index is 13.7. The van der Waals surface area contributed by atoms with Gasteiger partial charge in [0.15, 0.2) is 5.43 Å². The van der Waals surface area contributed by atoms with E-state index in [-0.39, 0.29) is 21.8 Å². The third kappa shape index (κ3) is 3.23. The smallest absolute Gasteiger partial charge is 0.335 e. The molecule has 0 aliphatic carbocycles. The maximum atomic E-state index is 13.7. The standard InChI is InChI=1S/C22H14FNO5/c23-15-6-8-18-17(10-15)21(27)16-7-5-14(9-19(16)24(18)11-20(25)26)12-1-3-13(4-2-12)22(28)29/h1-10H,11H2,(H,25,26)(H,28,29). The molecule has 0 saturated heterocycles. The van der Waals surface area contributed by atoms with Gasteiger partial charge in [0.25, 0.3) is 0 Å². The third-order valence-electron chi connectivity index (χ3n) is 4.79. The predicted octanol–water partition coefficient (Wildman–Crippen LogP) is 3.74. The van der Waals surface area contributed by atoms with Crippen LogP contribution < -0.4 is 5.43 Å². The Morgan fingerprint density at radius 2 is 1.52 bits per heavy atom. The Kier molecular flexibility index (Phi) is 4.35. The van der Waals surface area contributed by atoms with Gasteiger partial charge in [-0.2, -0.15) is 0 Å². The number of aliphatic carboxylic acids is 1. The molecule has 1 aromatic heterocycles. The van der Waals surface area contributed by atoms with Gasteiger partial charge in [-0.3, -0.25) is 9.59 Å². The van der Waals surface area contributed by atoms with Gasteiger partial charge in [-0.1, -0.05) is 18.2 Å². The zero-order valence-corrected chi connectivity index (χ0v) is 14.9. The molecule has 0 saturated carbocycles. The number of benzene rings is 3. The second-order valence-electron chi connectivity index (χ2n) is 6.58. The molecule has 0 aliphatic heterocycles. The fourth-order valence-corrected chi connectivity index (χ4v) is 3.44. The van der Waals surface area contributed by atoms with E-state index in [2.05, 4.69) is 0 Å². The summed E-state index contributed by atoms with van der Waals surface area (Å²) in [5.74, 6) is -2.72. The minimum Gasteiger partial charge on any atom is -0.480 e. The molecule has 7 heteroatoms. The Morgan fingerprint density at radius 3 is 2.17 bits per heavy atom. The number of hydrogen-bond donors (Lipinski definition) is 2. The molecule has 1 heterocycles. The van der Waals surface area contributed by atoms with Crippen molar-refractivity contribution >= 4 is 33.7 Å². The maximum Gasteiger partial charge on any atom is 0.335 e. The number of carboxylic acids is 2. The number of aromatic nitrogens is 1. The number of hydrogen-bond acceptors (Lipinski definition) is 3. The summed E-state index contributed by atoms with van der Waals surface area (Å²) in [6.07, 6.45) is 0. The van der Waals surface area contributed by atoms with Crippen molar-refractivity contribution in [2.75, 3.05) is 0 Å². The summed E-state index contributed by atoms with van der Waals surface area (Å²) in [6.45, 7) is -0.402. The Balaban J connectivity index is 2.01. The average molecular weight is 391 g/mol. The Hall–Kier alpha value is -4.00. The van der Waals surface area contributed by atoms with Crippen molar-refractivity contribution in [2.24, 2.45) is 0 Å². The zero-order valence-electron chi connectivity index (χ0n) is 14.9. The minimum absolute atomic E-state index is 0.109. The summed E-state index contributed by atoms with van der Waals surface area (Å²) in [5.41, 5.74) is 1.88. The lowest BCUT2D eigenvalue weighted by Gasteiger charge is -2.14. The number of carboxylic acid groups (broad SMARTS) is 2. The predicted molar refractivity (Wildman–Crippen MR) is 106 cm³/mol. The molecule has 0 atom stereocenters. The van der Waals surface area contributed by atoms with E-state index in [1.807, 2.05) is 0 Å². The van der Waals surface area contributed by atoms with Gasteiger partial charge in [-0.15, -0.1) is 0 Å². The van der Waals surface area contributed by atoms with Gasteiger partial charge in [0, 0.05) is 10.8 Å². The van der Waals surface area contributed by atoms with E-state index in [0.29, 0.717) is 22.2 Å². The fourth-order valence-electron chi connectivity index (χ4n) is 3.44. The average Bonchev–Trinajstić information content (AvgIpc) is 2.70. The molecular formula is C22H14FNO5. The molecule has 0 spiro atoms. The normalized spacial score (nSPS) is 11.1. The number of carbonyl (C=O) groups is 2. The van der Waals surface area contributed by atoms with Crippen LogP contribution in [0.25, 0.3) is 32.9 Å². The van der Waals surface area contributed by atoms with Crippen molar-refractivity contribution in [1.29, 1.82) is 0 Å². The van der Waals surface area contributed by atoms with E-state index in [9.17, 15) is 23.9 Å². The highest BCUT2D eigenvalue weighted by Crippen LogP contribution is 2.26. The van der Waals surface area contributed by atoms with Crippen LogP contribution in [0.4, 0.5) is 4.39 Å². The van der Waals surface area contributed by atoms with Gasteiger partial charge >= 0.3 is 11.9 Å². The van der Waals surface area contributed by atoms with Gasteiger partial charge in [0.05, 0.1) is 16.6 Å². The van der Waals surface area contributed by atoms with Gasteiger partial charge < -0.3 is 14.8 Å².